The van der Waals surface area contributed by atoms with Crippen molar-refractivity contribution < 1.29 is 23.7 Å². The van der Waals surface area contributed by atoms with Gasteiger partial charge in [0.25, 0.3) is 0 Å². The van der Waals surface area contributed by atoms with Gasteiger partial charge >= 0.3 is 5.97 Å². The van der Waals surface area contributed by atoms with Crippen molar-refractivity contribution in [1.29, 1.82) is 0 Å². The molecule has 0 unspecified atom stereocenters. The predicted molar refractivity (Wildman–Crippen MR) is 83.2 cm³/mol. The summed E-state index contributed by atoms with van der Waals surface area (Å²) >= 11 is 1.34. The minimum atomic E-state index is -0.451. The van der Waals surface area contributed by atoms with Crippen molar-refractivity contribution >= 4 is 17.3 Å². The highest BCUT2D eigenvalue weighted by Gasteiger charge is 2.21. The minimum Gasteiger partial charge on any atom is -0.493 e. The van der Waals surface area contributed by atoms with Crippen LogP contribution in [0.1, 0.15) is 17.4 Å². The molecular weight excluding hydrogens is 306 g/mol. The molecule has 0 fully saturated rings. The van der Waals surface area contributed by atoms with E-state index in [9.17, 15) is 4.79 Å². The van der Waals surface area contributed by atoms with Gasteiger partial charge in [-0.2, -0.15) is 0 Å². The predicted octanol–water partition coefficient (Wildman–Crippen LogP) is 3.01. The molecule has 0 atom stereocenters. The van der Waals surface area contributed by atoms with Crippen LogP contribution in [0.3, 0.4) is 0 Å². The van der Waals surface area contributed by atoms with Gasteiger partial charge in [0.05, 0.1) is 38.3 Å². The molecule has 0 aliphatic carbocycles. The lowest BCUT2D eigenvalue weighted by atomic mass is 10.1. The second kappa shape index (κ2) is 7.13. The van der Waals surface area contributed by atoms with Crippen molar-refractivity contribution in [3.8, 4) is 27.7 Å². The van der Waals surface area contributed by atoms with E-state index in [0.717, 1.165) is 5.56 Å². The topological polar surface area (TPSA) is 66.9 Å². The molecule has 2 rings (SSSR count). The van der Waals surface area contributed by atoms with Crippen molar-refractivity contribution in [2.45, 2.75) is 6.92 Å². The number of hydrogen-bond acceptors (Lipinski definition) is 7. The second-order valence-corrected chi connectivity index (χ2v) is 5.02. The fourth-order valence-electron chi connectivity index (χ4n) is 2.01. The van der Waals surface area contributed by atoms with E-state index in [1.165, 1.54) is 18.4 Å². The summed E-state index contributed by atoms with van der Waals surface area (Å²) in [6.07, 6.45) is 0. The zero-order chi connectivity index (χ0) is 16.1. The van der Waals surface area contributed by atoms with Gasteiger partial charge in [-0.3, -0.25) is 0 Å². The maximum Gasteiger partial charge on any atom is 0.358 e. The summed E-state index contributed by atoms with van der Waals surface area (Å²) in [6.45, 7) is 2.05. The van der Waals surface area contributed by atoms with Crippen LogP contribution in [0.4, 0.5) is 0 Å². The number of esters is 1. The Bertz CT molecular complexity index is 643. The third-order valence-electron chi connectivity index (χ3n) is 2.96. The molecule has 118 valence electrons. The Hall–Kier alpha value is -2.28. The fraction of sp³-hybridized carbons (Fsp3) is 0.333. The standard InChI is InChI=1S/C15H17NO5S/c1-5-21-15(17)12-14(22-8-16-12)9-6-10(18-2)13(20-4)11(7-9)19-3/h6-8H,5H2,1-4H3. The molecule has 0 aliphatic heterocycles. The maximum absolute atomic E-state index is 12.0. The van der Waals surface area contributed by atoms with E-state index in [1.54, 1.807) is 38.8 Å². The lowest BCUT2D eigenvalue weighted by Gasteiger charge is -2.14. The molecule has 0 aliphatic rings. The first-order valence-corrected chi connectivity index (χ1v) is 7.45. The van der Waals surface area contributed by atoms with E-state index >= 15 is 0 Å². The zero-order valence-corrected chi connectivity index (χ0v) is 13.7. The monoisotopic (exact) mass is 323 g/mol. The van der Waals surface area contributed by atoms with Gasteiger partial charge < -0.3 is 18.9 Å². The zero-order valence-electron chi connectivity index (χ0n) is 12.8. The first-order chi connectivity index (χ1) is 10.7. The van der Waals surface area contributed by atoms with Gasteiger partial charge in [0.2, 0.25) is 5.75 Å². The maximum atomic E-state index is 12.0. The molecule has 1 aromatic heterocycles. The smallest absolute Gasteiger partial charge is 0.358 e. The molecule has 0 radical (unpaired) electrons. The highest BCUT2D eigenvalue weighted by atomic mass is 32.1. The number of aromatic nitrogens is 1. The Balaban J connectivity index is 2.54. The first-order valence-electron chi connectivity index (χ1n) is 6.57. The number of benzene rings is 1. The van der Waals surface area contributed by atoms with Crippen molar-refractivity contribution in [3.05, 3.63) is 23.3 Å². The van der Waals surface area contributed by atoms with Crippen LogP contribution >= 0.6 is 11.3 Å². The largest absolute Gasteiger partial charge is 0.493 e. The van der Waals surface area contributed by atoms with E-state index in [-0.39, 0.29) is 5.69 Å². The van der Waals surface area contributed by atoms with E-state index in [1.807, 2.05) is 0 Å². The number of thiazole rings is 1. The third kappa shape index (κ3) is 2.99. The van der Waals surface area contributed by atoms with E-state index < -0.39 is 5.97 Å². The van der Waals surface area contributed by atoms with Gasteiger partial charge in [0.1, 0.15) is 0 Å². The Morgan fingerprint density at radius 2 is 1.77 bits per heavy atom. The summed E-state index contributed by atoms with van der Waals surface area (Å²) in [5.41, 5.74) is 2.63. The SMILES string of the molecule is CCOC(=O)c1ncsc1-c1cc(OC)c(OC)c(OC)c1. The summed E-state index contributed by atoms with van der Waals surface area (Å²) in [4.78, 5) is 16.8. The average Bonchev–Trinajstić information content (AvgIpc) is 3.03. The lowest BCUT2D eigenvalue weighted by Crippen LogP contribution is -2.06. The Morgan fingerprint density at radius 3 is 2.27 bits per heavy atom. The third-order valence-corrected chi connectivity index (χ3v) is 3.84. The van der Waals surface area contributed by atoms with Crippen LogP contribution in [-0.2, 0) is 4.74 Å². The molecule has 0 bridgehead atoms. The van der Waals surface area contributed by atoms with E-state index in [4.69, 9.17) is 18.9 Å². The molecule has 1 aromatic carbocycles. The van der Waals surface area contributed by atoms with Crippen LogP contribution in [0.25, 0.3) is 10.4 Å². The highest BCUT2D eigenvalue weighted by Crippen LogP contribution is 2.42. The van der Waals surface area contributed by atoms with Crippen molar-refractivity contribution in [2.24, 2.45) is 0 Å². The Labute approximate surface area is 132 Å². The summed E-state index contributed by atoms with van der Waals surface area (Å²) in [6, 6.07) is 3.55. The molecular formula is C15H17NO5S. The summed E-state index contributed by atoms with van der Waals surface area (Å²) in [5, 5.41) is 0. The average molecular weight is 323 g/mol. The number of ether oxygens (including phenoxy) is 4. The van der Waals surface area contributed by atoms with Crippen LogP contribution in [0.5, 0.6) is 17.2 Å². The first kappa shape index (κ1) is 16.1. The fourth-order valence-corrected chi connectivity index (χ4v) is 2.77. The second-order valence-electron chi connectivity index (χ2n) is 4.16. The number of carbonyl (C=O) groups excluding carboxylic acids is 1. The van der Waals surface area contributed by atoms with Gasteiger partial charge in [-0.25, -0.2) is 9.78 Å². The van der Waals surface area contributed by atoms with E-state index in [0.29, 0.717) is 28.7 Å². The summed E-state index contributed by atoms with van der Waals surface area (Å²) < 4.78 is 21.0. The molecule has 1 heterocycles. The minimum absolute atomic E-state index is 0.279. The van der Waals surface area contributed by atoms with Gasteiger partial charge in [-0.1, -0.05) is 0 Å². The van der Waals surface area contributed by atoms with Crippen molar-refractivity contribution in [2.75, 3.05) is 27.9 Å². The number of rotatable bonds is 6. The molecule has 2 aromatic rings. The molecule has 0 amide bonds. The Kier molecular flexibility index (Phi) is 5.21. The van der Waals surface area contributed by atoms with Crippen molar-refractivity contribution in [3.63, 3.8) is 0 Å². The number of nitrogens with zero attached hydrogens (tertiary/aromatic N) is 1. The van der Waals surface area contributed by atoms with Crippen molar-refractivity contribution in [1.82, 2.24) is 4.98 Å². The molecule has 0 saturated carbocycles. The van der Waals surface area contributed by atoms with Gasteiger partial charge in [0.15, 0.2) is 17.2 Å². The van der Waals surface area contributed by atoms with Gasteiger partial charge in [-0.05, 0) is 19.1 Å². The number of methoxy groups -OCH3 is 3. The molecule has 0 spiro atoms. The Morgan fingerprint density at radius 1 is 1.14 bits per heavy atom. The van der Waals surface area contributed by atoms with Crippen LogP contribution in [0.2, 0.25) is 0 Å². The number of hydrogen-bond donors (Lipinski definition) is 0. The molecule has 22 heavy (non-hydrogen) atoms. The van der Waals surface area contributed by atoms with E-state index in [2.05, 4.69) is 4.98 Å². The van der Waals surface area contributed by atoms with Gasteiger partial charge in [-0.15, -0.1) is 11.3 Å². The molecule has 7 heteroatoms. The molecule has 6 nitrogen and oxygen atoms in total. The highest BCUT2D eigenvalue weighted by molar-refractivity contribution is 7.13. The van der Waals surface area contributed by atoms with Crippen LogP contribution in [0, 0.1) is 0 Å². The van der Waals surface area contributed by atoms with Crippen LogP contribution in [0.15, 0.2) is 17.6 Å². The van der Waals surface area contributed by atoms with Gasteiger partial charge in [0, 0.05) is 5.56 Å². The lowest BCUT2D eigenvalue weighted by molar-refractivity contribution is 0.0521. The van der Waals surface area contributed by atoms with Crippen LogP contribution in [-0.4, -0.2) is 38.9 Å². The normalized spacial score (nSPS) is 10.2. The molecule has 0 saturated heterocycles. The van der Waals surface area contributed by atoms with Crippen LogP contribution < -0.4 is 14.2 Å². The molecule has 0 N–H and O–H groups in total. The number of carbonyl (C=O) groups is 1. The summed E-state index contributed by atoms with van der Waals surface area (Å²) in [7, 11) is 4.62. The summed E-state index contributed by atoms with van der Waals surface area (Å²) in [5.74, 6) is 1.07. The quantitative estimate of drug-likeness (QED) is 0.761.